The maximum Gasteiger partial charge on any atom is 1.00 e. The minimum atomic E-state index is -1.15. The van der Waals surface area contributed by atoms with E-state index in [0.29, 0.717) is 53.1 Å². The van der Waals surface area contributed by atoms with Crippen LogP contribution in [0.4, 0.5) is 0 Å². The van der Waals surface area contributed by atoms with Crippen LogP contribution in [0.1, 0.15) is 71.8 Å². The molecule has 1 aliphatic heterocycles. The number of carboxylic acids is 1. The SMILES string of the molecule is O=C(CC1CCCC(c2ccc(Cl)cc2)C1)c1ccc(Oc2cc3c(cc2Cl)C(C(=O)[O-])CCO3)cc1.[Na+]. The van der Waals surface area contributed by atoms with E-state index < -0.39 is 11.9 Å². The minimum Gasteiger partial charge on any atom is -0.549 e. The standard InChI is InChI=1S/C30H28Cl2O5.Na/c31-22-8-4-19(5-9-22)21-3-1-2-18(14-21)15-27(33)20-6-10-23(11-7-20)37-29-17-28-25(16-26(29)32)24(30(34)35)12-13-36-28;/h4-11,16-18,21,24H,1-3,12-15H2,(H,34,35);/q;+1/p-1. The van der Waals surface area contributed by atoms with Gasteiger partial charge in [-0.05, 0) is 85.5 Å². The summed E-state index contributed by atoms with van der Waals surface area (Å²) in [5.74, 6) is 0.344. The number of hydrogen-bond donors (Lipinski definition) is 0. The Morgan fingerprint density at radius 2 is 1.71 bits per heavy atom. The zero-order chi connectivity index (χ0) is 25.9. The van der Waals surface area contributed by atoms with E-state index in [9.17, 15) is 14.7 Å². The summed E-state index contributed by atoms with van der Waals surface area (Å²) in [6.45, 7) is 0.283. The molecule has 3 aromatic rings. The third-order valence-electron chi connectivity index (χ3n) is 7.39. The summed E-state index contributed by atoms with van der Waals surface area (Å²) in [6, 6.07) is 18.2. The van der Waals surface area contributed by atoms with Gasteiger partial charge < -0.3 is 19.4 Å². The molecule has 5 rings (SSSR count). The van der Waals surface area contributed by atoms with Gasteiger partial charge in [-0.25, -0.2) is 0 Å². The van der Waals surface area contributed by atoms with Gasteiger partial charge in [-0.3, -0.25) is 4.79 Å². The first-order valence-corrected chi connectivity index (χ1v) is 13.4. The fourth-order valence-corrected chi connectivity index (χ4v) is 5.78. The molecule has 0 aromatic heterocycles. The number of carboxylic acid groups (broad SMARTS) is 1. The fraction of sp³-hybridized carbons (Fsp3) is 0.333. The zero-order valence-electron chi connectivity index (χ0n) is 21.3. The molecule has 1 aliphatic carbocycles. The molecular formula is C30H27Cl2NaO5. The van der Waals surface area contributed by atoms with E-state index in [1.807, 2.05) is 12.1 Å². The number of carbonyl (C=O) groups excluding carboxylic acids is 2. The van der Waals surface area contributed by atoms with Gasteiger partial charge in [0, 0.05) is 40.5 Å². The van der Waals surface area contributed by atoms with Crippen molar-refractivity contribution in [2.24, 2.45) is 5.92 Å². The summed E-state index contributed by atoms with van der Waals surface area (Å²) < 4.78 is 11.6. The molecule has 3 aromatic carbocycles. The molecule has 2 aliphatic rings. The van der Waals surface area contributed by atoms with Gasteiger partial charge in [-0.15, -0.1) is 0 Å². The van der Waals surface area contributed by atoms with Crippen molar-refractivity contribution in [1.29, 1.82) is 0 Å². The van der Waals surface area contributed by atoms with E-state index in [2.05, 4.69) is 12.1 Å². The summed E-state index contributed by atoms with van der Waals surface area (Å²) in [7, 11) is 0. The Morgan fingerprint density at radius 1 is 0.974 bits per heavy atom. The minimum absolute atomic E-state index is 0. The molecule has 0 spiro atoms. The summed E-state index contributed by atoms with van der Waals surface area (Å²) in [5, 5.41) is 12.5. The average molecular weight is 561 g/mol. The molecule has 0 amide bonds. The van der Waals surface area contributed by atoms with Crippen molar-refractivity contribution in [1.82, 2.24) is 0 Å². The number of ketones is 1. The van der Waals surface area contributed by atoms with Gasteiger partial charge in [-0.1, -0.05) is 41.8 Å². The molecule has 38 heavy (non-hydrogen) atoms. The summed E-state index contributed by atoms with van der Waals surface area (Å²) in [4.78, 5) is 24.5. The molecule has 0 N–H and O–H groups in total. The number of halogens is 2. The van der Waals surface area contributed by atoms with Crippen LogP contribution in [0.15, 0.2) is 60.7 Å². The molecule has 0 bridgehead atoms. The number of Topliss-reactive ketones (excluding diaryl/α,β-unsaturated/α-hetero) is 1. The van der Waals surface area contributed by atoms with Gasteiger partial charge >= 0.3 is 29.6 Å². The van der Waals surface area contributed by atoms with E-state index in [-0.39, 0.29) is 47.0 Å². The number of fused-ring (bicyclic) bond motifs is 1. The summed E-state index contributed by atoms with van der Waals surface area (Å²) >= 11 is 12.4. The first-order valence-electron chi connectivity index (χ1n) is 12.6. The van der Waals surface area contributed by atoms with Crippen LogP contribution in [0, 0.1) is 5.92 Å². The molecule has 1 saturated carbocycles. The van der Waals surface area contributed by atoms with Crippen LogP contribution in [0.2, 0.25) is 10.0 Å². The Balaban J connectivity index is 0.00000336. The topological polar surface area (TPSA) is 75.7 Å². The van der Waals surface area contributed by atoms with Gasteiger partial charge in [0.1, 0.15) is 17.2 Å². The maximum atomic E-state index is 13.0. The molecule has 0 radical (unpaired) electrons. The first-order chi connectivity index (χ1) is 17.9. The number of benzene rings is 3. The largest absolute Gasteiger partial charge is 1.00 e. The van der Waals surface area contributed by atoms with E-state index in [4.69, 9.17) is 32.7 Å². The van der Waals surface area contributed by atoms with Gasteiger partial charge in [-0.2, -0.15) is 0 Å². The van der Waals surface area contributed by atoms with E-state index in [0.717, 1.165) is 30.7 Å². The number of ether oxygens (including phenoxy) is 2. The second-order valence-corrected chi connectivity index (χ2v) is 10.7. The van der Waals surface area contributed by atoms with E-state index >= 15 is 0 Å². The number of carbonyl (C=O) groups is 2. The zero-order valence-corrected chi connectivity index (χ0v) is 24.8. The maximum absolute atomic E-state index is 13.0. The Labute approximate surface area is 254 Å². The Morgan fingerprint density at radius 3 is 2.42 bits per heavy atom. The van der Waals surface area contributed by atoms with Crippen molar-refractivity contribution in [3.63, 3.8) is 0 Å². The predicted molar refractivity (Wildman–Crippen MR) is 141 cm³/mol. The summed E-state index contributed by atoms with van der Waals surface area (Å²) in [6.07, 6.45) is 5.19. The van der Waals surface area contributed by atoms with Crippen LogP contribution in [0.3, 0.4) is 0 Å². The Hall–Kier alpha value is -2.02. The summed E-state index contributed by atoms with van der Waals surface area (Å²) in [5.41, 5.74) is 2.44. The molecular weight excluding hydrogens is 534 g/mol. The second kappa shape index (κ2) is 12.9. The molecule has 1 fully saturated rings. The quantitative estimate of drug-likeness (QED) is 0.323. The average Bonchev–Trinajstić information content (AvgIpc) is 2.89. The molecule has 0 saturated heterocycles. The molecule has 1 heterocycles. The monoisotopic (exact) mass is 560 g/mol. The van der Waals surface area contributed by atoms with Gasteiger partial charge in [0.05, 0.1) is 11.6 Å². The van der Waals surface area contributed by atoms with Crippen LogP contribution in [-0.4, -0.2) is 18.4 Å². The van der Waals surface area contributed by atoms with Crippen LogP contribution < -0.4 is 44.1 Å². The smallest absolute Gasteiger partial charge is 0.549 e. The predicted octanol–water partition coefficient (Wildman–Crippen LogP) is 3.95. The molecule has 8 heteroatoms. The second-order valence-electron chi connectivity index (χ2n) is 9.86. The van der Waals surface area contributed by atoms with Gasteiger partial charge in [0.2, 0.25) is 0 Å². The van der Waals surface area contributed by atoms with Gasteiger partial charge in [0.25, 0.3) is 0 Å². The Kier molecular flexibility index (Phi) is 9.83. The van der Waals surface area contributed by atoms with Crippen molar-refractivity contribution in [2.75, 3.05) is 6.61 Å². The molecule has 5 nitrogen and oxygen atoms in total. The van der Waals surface area contributed by atoms with Crippen molar-refractivity contribution in [3.8, 4) is 17.2 Å². The van der Waals surface area contributed by atoms with Crippen molar-refractivity contribution in [2.45, 2.75) is 50.4 Å². The molecule has 3 unspecified atom stereocenters. The van der Waals surface area contributed by atoms with Crippen molar-refractivity contribution in [3.05, 3.63) is 87.4 Å². The van der Waals surface area contributed by atoms with Gasteiger partial charge in [0.15, 0.2) is 5.78 Å². The number of hydrogen-bond acceptors (Lipinski definition) is 5. The van der Waals surface area contributed by atoms with E-state index in [1.165, 1.54) is 5.56 Å². The third-order valence-corrected chi connectivity index (χ3v) is 7.94. The molecule has 192 valence electrons. The normalized spacial score (nSPS) is 20.4. The van der Waals surface area contributed by atoms with Crippen LogP contribution >= 0.6 is 23.2 Å². The third kappa shape index (κ3) is 6.75. The number of rotatable bonds is 7. The Bertz CT molecular complexity index is 1290. The fourth-order valence-electron chi connectivity index (χ4n) is 5.44. The first kappa shape index (κ1) is 29.0. The number of aliphatic carboxylic acids is 1. The van der Waals surface area contributed by atoms with Crippen LogP contribution in [-0.2, 0) is 4.79 Å². The van der Waals surface area contributed by atoms with Crippen molar-refractivity contribution >= 4 is 35.0 Å². The molecule has 3 atom stereocenters. The van der Waals surface area contributed by atoms with Crippen LogP contribution in [0.25, 0.3) is 0 Å². The van der Waals surface area contributed by atoms with E-state index in [1.54, 1.807) is 36.4 Å². The van der Waals surface area contributed by atoms with Crippen molar-refractivity contribution < 1.29 is 53.7 Å². The van der Waals surface area contributed by atoms with Crippen LogP contribution in [0.5, 0.6) is 17.2 Å².